The summed E-state index contributed by atoms with van der Waals surface area (Å²) in [6, 6.07) is 6.10. The lowest BCUT2D eigenvalue weighted by molar-refractivity contribution is -0.147. The smallest absolute Gasteiger partial charge is 0.329 e. The molecule has 0 bridgehead atoms. The van der Waals surface area contributed by atoms with Gasteiger partial charge in [-0.2, -0.15) is 0 Å². The van der Waals surface area contributed by atoms with Crippen molar-refractivity contribution in [3.8, 4) is 0 Å². The number of hydrogen-bond donors (Lipinski definition) is 1. The van der Waals surface area contributed by atoms with E-state index in [1.807, 2.05) is 13.8 Å². The molecule has 4 nitrogen and oxygen atoms in total. The zero-order chi connectivity index (χ0) is 13.3. The van der Waals surface area contributed by atoms with Crippen molar-refractivity contribution in [1.82, 2.24) is 5.32 Å². The fourth-order valence-electron chi connectivity index (χ4n) is 1.95. The van der Waals surface area contributed by atoms with Crippen LogP contribution in [-0.4, -0.2) is 23.5 Å². The van der Waals surface area contributed by atoms with Crippen molar-refractivity contribution in [2.24, 2.45) is 0 Å². The Balaban J connectivity index is 2.09. The largest absolute Gasteiger partial charge is 0.458 e. The van der Waals surface area contributed by atoms with Gasteiger partial charge in [0.15, 0.2) is 0 Å². The minimum Gasteiger partial charge on any atom is -0.458 e. The van der Waals surface area contributed by atoms with Crippen LogP contribution in [0.5, 0.6) is 0 Å². The van der Waals surface area contributed by atoms with Crippen LogP contribution in [0.15, 0.2) is 24.3 Å². The third-order valence-corrected chi connectivity index (χ3v) is 3.11. The Labute approximate surface area is 110 Å². The average molecular weight is 268 g/mol. The maximum Gasteiger partial charge on any atom is 0.329 e. The van der Waals surface area contributed by atoms with Gasteiger partial charge in [-0.25, -0.2) is 4.79 Å². The normalized spacial score (nSPS) is 21.5. The first kappa shape index (κ1) is 12.9. The third-order valence-electron chi connectivity index (χ3n) is 2.78. The Kier molecular flexibility index (Phi) is 3.30. The maximum atomic E-state index is 12.0. The molecule has 5 heteroatoms. The van der Waals surface area contributed by atoms with Crippen LogP contribution in [0, 0.1) is 0 Å². The Morgan fingerprint density at radius 1 is 1.44 bits per heavy atom. The van der Waals surface area contributed by atoms with Gasteiger partial charge < -0.3 is 10.1 Å². The van der Waals surface area contributed by atoms with Crippen molar-refractivity contribution in [1.29, 1.82) is 0 Å². The molecular formula is C13H14ClNO3. The van der Waals surface area contributed by atoms with Gasteiger partial charge in [-0.3, -0.25) is 4.79 Å². The first-order valence-electron chi connectivity index (χ1n) is 5.67. The molecule has 1 fully saturated rings. The molecule has 1 aromatic carbocycles. The number of cyclic esters (lactones) is 1. The van der Waals surface area contributed by atoms with Gasteiger partial charge in [0.25, 0.3) is 5.91 Å². The number of rotatable bonds is 2. The molecule has 18 heavy (non-hydrogen) atoms. The van der Waals surface area contributed by atoms with Crippen LogP contribution in [0.2, 0.25) is 5.02 Å². The number of nitrogens with one attached hydrogen (secondary N) is 1. The van der Waals surface area contributed by atoms with Crippen LogP contribution >= 0.6 is 11.6 Å². The van der Waals surface area contributed by atoms with Crippen molar-refractivity contribution in [3.05, 3.63) is 34.9 Å². The summed E-state index contributed by atoms with van der Waals surface area (Å²) in [6.45, 7) is 3.62. The fourth-order valence-corrected chi connectivity index (χ4v) is 2.17. The molecule has 0 saturated carbocycles. The molecule has 1 aliphatic heterocycles. The highest BCUT2D eigenvalue weighted by Gasteiger charge is 2.40. The zero-order valence-corrected chi connectivity index (χ0v) is 11.0. The van der Waals surface area contributed by atoms with Crippen LogP contribution in [0.25, 0.3) is 0 Å². The molecule has 1 saturated heterocycles. The lowest BCUT2D eigenvalue weighted by Gasteiger charge is -2.14. The number of ether oxygens (including phenoxy) is 1. The van der Waals surface area contributed by atoms with Crippen LogP contribution < -0.4 is 5.32 Å². The molecular weight excluding hydrogens is 254 g/mol. The van der Waals surface area contributed by atoms with Crippen molar-refractivity contribution in [3.63, 3.8) is 0 Å². The Hall–Kier alpha value is -1.55. The van der Waals surface area contributed by atoms with Crippen molar-refractivity contribution >= 4 is 23.5 Å². The van der Waals surface area contributed by atoms with Gasteiger partial charge in [-0.1, -0.05) is 23.7 Å². The van der Waals surface area contributed by atoms with E-state index in [4.69, 9.17) is 16.3 Å². The average Bonchev–Trinajstić information content (AvgIpc) is 2.52. The minimum atomic E-state index is -0.608. The summed E-state index contributed by atoms with van der Waals surface area (Å²) in [5.41, 5.74) is -0.174. The topological polar surface area (TPSA) is 55.4 Å². The fraction of sp³-hybridized carbons (Fsp3) is 0.385. The number of esters is 1. The number of amides is 1. The Morgan fingerprint density at radius 2 is 2.11 bits per heavy atom. The summed E-state index contributed by atoms with van der Waals surface area (Å²) >= 11 is 5.92. The highest BCUT2D eigenvalue weighted by molar-refractivity contribution is 6.33. The van der Waals surface area contributed by atoms with E-state index in [1.165, 1.54) is 0 Å². The number of benzene rings is 1. The summed E-state index contributed by atoms with van der Waals surface area (Å²) in [7, 11) is 0. The van der Waals surface area contributed by atoms with E-state index in [0.29, 0.717) is 17.0 Å². The van der Waals surface area contributed by atoms with Gasteiger partial charge in [-0.15, -0.1) is 0 Å². The van der Waals surface area contributed by atoms with Gasteiger partial charge in [0.1, 0.15) is 11.6 Å². The van der Waals surface area contributed by atoms with E-state index in [2.05, 4.69) is 5.32 Å². The van der Waals surface area contributed by atoms with Crippen LogP contribution in [-0.2, 0) is 9.53 Å². The molecule has 0 aromatic heterocycles. The monoisotopic (exact) mass is 267 g/mol. The number of carbonyl (C=O) groups excluding carboxylic acids is 2. The highest BCUT2D eigenvalue weighted by atomic mass is 35.5. The van der Waals surface area contributed by atoms with Crippen LogP contribution in [0.4, 0.5) is 0 Å². The maximum absolute atomic E-state index is 12.0. The second-order valence-corrected chi connectivity index (χ2v) is 5.30. The van der Waals surface area contributed by atoms with Crippen molar-refractivity contribution in [2.75, 3.05) is 0 Å². The molecule has 1 amide bonds. The lowest BCUT2D eigenvalue weighted by Crippen LogP contribution is -2.38. The summed E-state index contributed by atoms with van der Waals surface area (Å²) in [5.74, 6) is -0.763. The number of halogens is 1. The minimum absolute atomic E-state index is 0.358. The quantitative estimate of drug-likeness (QED) is 0.836. The van der Waals surface area contributed by atoms with E-state index >= 15 is 0 Å². The predicted octanol–water partition coefficient (Wildman–Crippen LogP) is 2.16. The molecule has 1 aromatic rings. The molecule has 0 radical (unpaired) electrons. The number of carbonyl (C=O) groups is 2. The standard InChI is InChI=1S/C13H14ClNO3/c1-13(2)7-10(12(17)18-13)15-11(16)8-5-3-4-6-9(8)14/h3-6,10H,7H2,1-2H3,(H,15,16). The predicted molar refractivity (Wildman–Crippen MR) is 67.5 cm³/mol. The first-order chi connectivity index (χ1) is 8.39. The van der Waals surface area contributed by atoms with E-state index < -0.39 is 17.6 Å². The summed E-state index contributed by atoms with van der Waals surface area (Å²) in [6.07, 6.45) is 0.460. The van der Waals surface area contributed by atoms with Gasteiger partial charge in [-0.05, 0) is 26.0 Å². The molecule has 2 rings (SSSR count). The Bertz CT molecular complexity index is 499. The van der Waals surface area contributed by atoms with Crippen molar-refractivity contribution < 1.29 is 14.3 Å². The first-order valence-corrected chi connectivity index (χ1v) is 6.05. The van der Waals surface area contributed by atoms with E-state index in [0.717, 1.165) is 0 Å². The van der Waals surface area contributed by atoms with Gasteiger partial charge in [0.05, 0.1) is 10.6 Å². The Morgan fingerprint density at radius 3 is 2.67 bits per heavy atom. The molecule has 1 aliphatic rings. The molecule has 1 atom stereocenters. The summed E-state index contributed by atoms with van der Waals surface area (Å²) in [4.78, 5) is 23.5. The van der Waals surface area contributed by atoms with E-state index in [9.17, 15) is 9.59 Å². The van der Waals surface area contributed by atoms with E-state index in [1.54, 1.807) is 24.3 Å². The van der Waals surface area contributed by atoms with Crippen molar-refractivity contribution in [2.45, 2.75) is 31.9 Å². The lowest BCUT2D eigenvalue weighted by atomic mass is 10.0. The zero-order valence-electron chi connectivity index (χ0n) is 10.2. The molecule has 0 aliphatic carbocycles. The molecule has 1 unspecified atom stereocenters. The SMILES string of the molecule is CC1(C)CC(NC(=O)c2ccccc2Cl)C(=O)O1. The molecule has 1 heterocycles. The van der Waals surface area contributed by atoms with Gasteiger partial charge >= 0.3 is 5.97 Å². The molecule has 0 spiro atoms. The van der Waals surface area contributed by atoms with Gasteiger partial charge in [0.2, 0.25) is 0 Å². The summed E-state index contributed by atoms with van der Waals surface area (Å²) < 4.78 is 5.14. The van der Waals surface area contributed by atoms with Gasteiger partial charge in [0, 0.05) is 6.42 Å². The van der Waals surface area contributed by atoms with E-state index in [-0.39, 0.29) is 5.91 Å². The second kappa shape index (κ2) is 4.61. The number of hydrogen-bond acceptors (Lipinski definition) is 3. The highest BCUT2D eigenvalue weighted by Crippen LogP contribution is 2.26. The summed E-state index contributed by atoms with van der Waals surface area (Å²) in [5, 5.41) is 3.01. The second-order valence-electron chi connectivity index (χ2n) is 4.89. The van der Waals surface area contributed by atoms with Crippen LogP contribution in [0.3, 0.4) is 0 Å². The van der Waals surface area contributed by atoms with Crippen LogP contribution in [0.1, 0.15) is 30.6 Å². The molecule has 1 N–H and O–H groups in total. The third kappa shape index (κ3) is 2.64. The molecule has 96 valence electrons.